The van der Waals surface area contributed by atoms with E-state index in [-0.39, 0.29) is 5.91 Å². The second kappa shape index (κ2) is 4.35. The molecular formula is C12H15N3O. The monoisotopic (exact) mass is 217 g/mol. The van der Waals surface area contributed by atoms with Crippen molar-refractivity contribution in [1.82, 2.24) is 14.3 Å². The van der Waals surface area contributed by atoms with Gasteiger partial charge in [-0.15, -0.1) is 0 Å². The Balaban J connectivity index is 2.30. The van der Waals surface area contributed by atoms with Gasteiger partial charge in [0.1, 0.15) is 5.65 Å². The van der Waals surface area contributed by atoms with E-state index in [1.54, 1.807) is 11.8 Å². The van der Waals surface area contributed by atoms with Crippen LogP contribution in [0.2, 0.25) is 0 Å². The predicted octanol–water partition coefficient (Wildman–Crippen LogP) is 1.70. The van der Waals surface area contributed by atoms with E-state index in [9.17, 15) is 4.79 Å². The fourth-order valence-corrected chi connectivity index (χ4v) is 1.74. The lowest BCUT2D eigenvalue weighted by Gasteiger charge is -2.18. The van der Waals surface area contributed by atoms with E-state index >= 15 is 0 Å². The molecule has 2 aromatic heterocycles. The number of fused-ring (bicyclic) bond motifs is 1. The average molecular weight is 217 g/mol. The number of carbonyl (C=O) groups is 1. The first-order chi connectivity index (χ1) is 7.72. The third-order valence-corrected chi connectivity index (χ3v) is 2.67. The maximum atomic E-state index is 11.3. The molecule has 0 aliphatic carbocycles. The summed E-state index contributed by atoms with van der Waals surface area (Å²) in [7, 11) is 0. The Morgan fingerprint density at radius 3 is 3.00 bits per heavy atom. The number of carbonyl (C=O) groups excluding carboxylic acids is 1. The highest BCUT2D eigenvalue weighted by Crippen LogP contribution is 2.08. The normalized spacial score (nSPS) is 10.6. The molecule has 2 rings (SSSR count). The summed E-state index contributed by atoms with van der Waals surface area (Å²) >= 11 is 0. The number of aromatic nitrogens is 2. The van der Waals surface area contributed by atoms with Crippen LogP contribution in [0.4, 0.5) is 0 Å². The summed E-state index contributed by atoms with van der Waals surface area (Å²) in [6, 6.07) is 5.87. The first-order valence-electron chi connectivity index (χ1n) is 5.39. The van der Waals surface area contributed by atoms with Crippen molar-refractivity contribution in [1.29, 1.82) is 0 Å². The molecule has 2 aromatic rings. The lowest BCUT2D eigenvalue weighted by molar-refractivity contribution is -0.129. The minimum Gasteiger partial charge on any atom is -0.337 e. The molecule has 84 valence electrons. The van der Waals surface area contributed by atoms with Gasteiger partial charge < -0.3 is 9.30 Å². The first kappa shape index (κ1) is 10.7. The van der Waals surface area contributed by atoms with E-state index < -0.39 is 0 Å². The highest BCUT2D eigenvalue weighted by molar-refractivity contribution is 5.73. The molecule has 0 radical (unpaired) electrons. The summed E-state index contributed by atoms with van der Waals surface area (Å²) in [5.41, 5.74) is 1.95. The van der Waals surface area contributed by atoms with Crippen LogP contribution >= 0.6 is 0 Å². The van der Waals surface area contributed by atoms with Gasteiger partial charge in [-0.1, -0.05) is 6.07 Å². The molecule has 0 aliphatic rings. The molecule has 0 saturated carbocycles. The second-order valence-corrected chi connectivity index (χ2v) is 3.71. The molecule has 0 spiro atoms. The van der Waals surface area contributed by atoms with E-state index in [4.69, 9.17) is 0 Å². The molecule has 0 saturated heterocycles. The van der Waals surface area contributed by atoms with Crippen molar-refractivity contribution in [3.8, 4) is 0 Å². The summed E-state index contributed by atoms with van der Waals surface area (Å²) in [6.45, 7) is 4.89. The van der Waals surface area contributed by atoms with Crippen LogP contribution in [0.25, 0.3) is 5.65 Å². The lowest BCUT2D eigenvalue weighted by atomic mass is 10.4. The van der Waals surface area contributed by atoms with Crippen molar-refractivity contribution in [3.05, 3.63) is 36.3 Å². The molecule has 0 bridgehead atoms. The number of hydrogen-bond donors (Lipinski definition) is 0. The number of rotatable bonds is 3. The number of hydrogen-bond acceptors (Lipinski definition) is 2. The third kappa shape index (κ3) is 1.91. The van der Waals surface area contributed by atoms with E-state index in [0.717, 1.165) is 17.9 Å². The summed E-state index contributed by atoms with van der Waals surface area (Å²) in [6.07, 6.45) is 3.78. The summed E-state index contributed by atoms with van der Waals surface area (Å²) in [5, 5.41) is 0. The fourth-order valence-electron chi connectivity index (χ4n) is 1.74. The van der Waals surface area contributed by atoms with Crippen molar-refractivity contribution in [2.24, 2.45) is 0 Å². The predicted molar refractivity (Wildman–Crippen MR) is 62.0 cm³/mol. The minimum absolute atomic E-state index is 0.0911. The van der Waals surface area contributed by atoms with Gasteiger partial charge in [0, 0.05) is 19.7 Å². The van der Waals surface area contributed by atoms with Crippen LogP contribution in [0.1, 0.15) is 19.5 Å². The first-order valence-corrected chi connectivity index (χ1v) is 5.39. The molecule has 0 N–H and O–H groups in total. The lowest BCUT2D eigenvalue weighted by Crippen LogP contribution is -2.28. The van der Waals surface area contributed by atoms with Crippen LogP contribution in [-0.4, -0.2) is 26.7 Å². The van der Waals surface area contributed by atoms with Gasteiger partial charge in [-0.25, -0.2) is 4.98 Å². The second-order valence-electron chi connectivity index (χ2n) is 3.71. The Bertz CT molecular complexity index is 504. The molecule has 4 heteroatoms. The Morgan fingerprint density at radius 2 is 2.31 bits per heavy atom. The van der Waals surface area contributed by atoms with Gasteiger partial charge in [-0.2, -0.15) is 0 Å². The average Bonchev–Trinajstić information content (AvgIpc) is 2.69. The smallest absolute Gasteiger partial charge is 0.219 e. The molecule has 16 heavy (non-hydrogen) atoms. The topological polar surface area (TPSA) is 37.6 Å². The summed E-state index contributed by atoms with van der Waals surface area (Å²) < 4.78 is 2.01. The van der Waals surface area contributed by atoms with Crippen molar-refractivity contribution in [2.45, 2.75) is 20.4 Å². The van der Waals surface area contributed by atoms with E-state index in [1.807, 2.05) is 41.9 Å². The van der Waals surface area contributed by atoms with Crippen LogP contribution < -0.4 is 0 Å². The zero-order valence-electron chi connectivity index (χ0n) is 9.55. The Morgan fingerprint density at radius 1 is 1.50 bits per heavy atom. The van der Waals surface area contributed by atoms with Gasteiger partial charge in [-0.3, -0.25) is 4.79 Å². The minimum atomic E-state index is 0.0911. The van der Waals surface area contributed by atoms with Crippen LogP contribution in [0.5, 0.6) is 0 Å². The molecule has 0 atom stereocenters. The molecular weight excluding hydrogens is 202 g/mol. The summed E-state index contributed by atoms with van der Waals surface area (Å²) in [5.74, 6) is 0.0911. The standard InChI is InChI=1S/C12H15N3O/c1-3-14(10(2)16)9-11-8-13-12-6-4-5-7-15(11)12/h4-8H,3,9H2,1-2H3. The van der Waals surface area contributed by atoms with Crippen molar-refractivity contribution in [2.75, 3.05) is 6.54 Å². The maximum absolute atomic E-state index is 11.3. The zero-order valence-corrected chi connectivity index (χ0v) is 9.55. The molecule has 4 nitrogen and oxygen atoms in total. The fraction of sp³-hybridized carbons (Fsp3) is 0.333. The van der Waals surface area contributed by atoms with Gasteiger partial charge in [0.25, 0.3) is 0 Å². The molecule has 0 fully saturated rings. The molecule has 0 aromatic carbocycles. The van der Waals surface area contributed by atoms with Gasteiger partial charge in [-0.05, 0) is 19.1 Å². The summed E-state index contributed by atoms with van der Waals surface area (Å²) in [4.78, 5) is 17.4. The molecule has 1 amide bonds. The van der Waals surface area contributed by atoms with Crippen LogP contribution in [0, 0.1) is 0 Å². The number of amides is 1. The van der Waals surface area contributed by atoms with Crippen molar-refractivity contribution < 1.29 is 4.79 Å². The number of nitrogens with zero attached hydrogens (tertiary/aromatic N) is 3. The Kier molecular flexibility index (Phi) is 2.90. The zero-order chi connectivity index (χ0) is 11.5. The van der Waals surface area contributed by atoms with Crippen LogP contribution in [0.15, 0.2) is 30.6 Å². The van der Waals surface area contributed by atoms with Crippen LogP contribution in [0.3, 0.4) is 0 Å². The molecule has 2 heterocycles. The van der Waals surface area contributed by atoms with Gasteiger partial charge in [0.15, 0.2) is 0 Å². The number of pyridine rings is 1. The maximum Gasteiger partial charge on any atom is 0.219 e. The Labute approximate surface area is 94.5 Å². The van der Waals surface area contributed by atoms with Crippen molar-refractivity contribution in [3.63, 3.8) is 0 Å². The van der Waals surface area contributed by atoms with Gasteiger partial charge in [0.05, 0.1) is 18.4 Å². The van der Waals surface area contributed by atoms with Crippen LogP contribution in [-0.2, 0) is 11.3 Å². The number of imidazole rings is 1. The van der Waals surface area contributed by atoms with E-state index in [1.165, 1.54) is 0 Å². The SMILES string of the molecule is CCN(Cc1cnc2ccccn12)C(C)=O. The van der Waals surface area contributed by atoms with Crippen molar-refractivity contribution >= 4 is 11.6 Å². The third-order valence-electron chi connectivity index (χ3n) is 2.67. The molecule has 0 aliphatic heterocycles. The van der Waals surface area contributed by atoms with E-state index in [0.29, 0.717) is 6.54 Å². The van der Waals surface area contributed by atoms with E-state index in [2.05, 4.69) is 4.98 Å². The quantitative estimate of drug-likeness (QED) is 0.784. The largest absolute Gasteiger partial charge is 0.337 e. The van der Waals surface area contributed by atoms with Gasteiger partial charge >= 0.3 is 0 Å². The Hall–Kier alpha value is -1.84. The highest BCUT2D eigenvalue weighted by Gasteiger charge is 2.09. The molecule has 0 unspecified atom stereocenters. The van der Waals surface area contributed by atoms with Gasteiger partial charge in [0.2, 0.25) is 5.91 Å². The highest BCUT2D eigenvalue weighted by atomic mass is 16.2.